The van der Waals surface area contributed by atoms with E-state index in [0.717, 1.165) is 45.0 Å². The first kappa shape index (κ1) is 14.6. The van der Waals surface area contributed by atoms with E-state index in [-0.39, 0.29) is 0 Å². The molecule has 2 heterocycles. The van der Waals surface area contributed by atoms with Crippen molar-refractivity contribution in [3.05, 3.63) is 52.7 Å². The lowest BCUT2D eigenvalue weighted by Crippen LogP contribution is -2.46. The molecule has 1 aromatic carbocycles. The molecular weight excluding hydrogens is 284 g/mol. The van der Waals surface area contributed by atoms with Crippen LogP contribution in [-0.2, 0) is 19.4 Å². The zero-order valence-corrected chi connectivity index (χ0v) is 13.8. The molecular formula is C19H24N4. The topological polar surface area (TPSA) is 32.3 Å². The van der Waals surface area contributed by atoms with Gasteiger partial charge in [0.15, 0.2) is 5.82 Å². The van der Waals surface area contributed by atoms with Gasteiger partial charge in [-0.2, -0.15) is 5.10 Å². The van der Waals surface area contributed by atoms with Gasteiger partial charge in [0.05, 0.1) is 5.69 Å². The summed E-state index contributed by atoms with van der Waals surface area (Å²) in [4.78, 5) is 4.92. The summed E-state index contributed by atoms with van der Waals surface area (Å²) in [5.41, 5.74) is 5.38. The van der Waals surface area contributed by atoms with Crippen molar-refractivity contribution < 1.29 is 0 Å². The first-order chi connectivity index (χ1) is 11.3. The van der Waals surface area contributed by atoms with Crippen LogP contribution in [0.4, 0.5) is 5.82 Å². The minimum atomic E-state index is 1.04. The number of piperazine rings is 1. The van der Waals surface area contributed by atoms with Crippen LogP contribution in [0.3, 0.4) is 0 Å². The number of anilines is 1. The fraction of sp³-hybridized carbons (Fsp3) is 0.474. The second-order valence-electron chi connectivity index (χ2n) is 6.78. The Bertz CT molecular complexity index is 690. The van der Waals surface area contributed by atoms with E-state index in [1.54, 1.807) is 0 Å². The van der Waals surface area contributed by atoms with Gasteiger partial charge in [-0.05, 0) is 43.4 Å². The van der Waals surface area contributed by atoms with Gasteiger partial charge in [0, 0.05) is 32.7 Å². The average Bonchev–Trinajstić information content (AvgIpc) is 3.03. The number of rotatable bonds is 3. The molecule has 0 N–H and O–H groups in total. The number of nitrogens with zero attached hydrogens (tertiary/aromatic N) is 4. The van der Waals surface area contributed by atoms with Gasteiger partial charge in [-0.1, -0.05) is 29.8 Å². The highest BCUT2D eigenvalue weighted by atomic mass is 15.3. The molecule has 23 heavy (non-hydrogen) atoms. The van der Waals surface area contributed by atoms with Crippen LogP contribution in [0.1, 0.15) is 28.8 Å². The molecule has 0 atom stereocenters. The predicted molar refractivity (Wildman–Crippen MR) is 92.7 cm³/mol. The summed E-state index contributed by atoms with van der Waals surface area (Å²) in [6.07, 6.45) is 3.51. The number of aromatic nitrogens is 2. The number of benzene rings is 1. The number of hydrogen-bond acceptors (Lipinski definition) is 4. The molecule has 120 valence electrons. The quantitative estimate of drug-likeness (QED) is 0.872. The third kappa shape index (κ3) is 3.22. The lowest BCUT2D eigenvalue weighted by Gasteiger charge is -2.35. The lowest BCUT2D eigenvalue weighted by atomic mass is 10.1. The van der Waals surface area contributed by atoms with Crippen LogP contribution in [0.5, 0.6) is 0 Å². The van der Waals surface area contributed by atoms with Crippen molar-refractivity contribution in [3.8, 4) is 0 Å². The normalized spacial score (nSPS) is 18.2. The number of hydrogen-bond donors (Lipinski definition) is 0. The van der Waals surface area contributed by atoms with Crippen LogP contribution in [0.15, 0.2) is 30.3 Å². The van der Waals surface area contributed by atoms with Crippen LogP contribution in [0.2, 0.25) is 0 Å². The fourth-order valence-electron chi connectivity index (χ4n) is 3.68. The van der Waals surface area contributed by atoms with Crippen molar-refractivity contribution in [1.82, 2.24) is 15.1 Å². The molecule has 0 radical (unpaired) electrons. The zero-order chi connectivity index (χ0) is 15.6. The van der Waals surface area contributed by atoms with Gasteiger partial charge in [0.25, 0.3) is 0 Å². The minimum Gasteiger partial charge on any atom is -0.353 e. The molecule has 0 saturated carbocycles. The maximum atomic E-state index is 4.45. The summed E-state index contributed by atoms with van der Waals surface area (Å²) in [5, 5.41) is 8.88. The first-order valence-corrected chi connectivity index (χ1v) is 8.66. The Morgan fingerprint density at radius 3 is 2.70 bits per heavy atom. The monoisotopic (exact) mass is 308 g/mol. The summed E-state index contributed by atoms with van der Waals surface area (Å²) in [6.45, 7) is 7.47. The van der Waals surface area contributed by atoms with Gasteiger partial charge in [-0.25, -0.2) is 0 Å². The van der Waals surface area contributed by atoms with Gasteiger partial charge in [-0.3, -0.25) is 4.90 Å². The molecule has 1 aliphatic carbocycles. The van der Waals surface area contributed by atoms with E-state index in [4.69, 9.17) is 0 Å². The molecule has 4 rings (SSSR count). The first-order valence-electron chi connectivity index (χ1n) is 8.66. The Hall–Kier alpha value is -1.94. The standard InChI is InChI=1S/C19H24N4/c1-15-4-2-5-16(12-15)14-22-8-10-23(11-9-22)19-13-17-6-3-7-18(17)20-21-19/h2,4-5,12-13H,3,6-11,14H2,1H3. The number of fused-ring (bicyclic) bond motifs is 1. The van der Waals surface area contributed by atoms with Crippen molar-refractivity contribution in [2.45, 2.75) is 32.7 Å². The third-order valence-corrected chi connectivity index (χ3v) is 4.99. The van der Waals surface area contributed by atoms with E-state index >= 15 is 0 Å². The largest absolute Gasteiger partial charge is 0.353 e. The molecule has 1 saturated heterocycles. The molecule has 0 unspecified atom stereocenters. The third-order valence-electron chi connectivity index (χ3n) is 4.99. The summed E-state index contributed by atoms with van der Waals surface area (Å²) in [7, 11) is 0. The Labute approximate surface area is 138 Å². The van der Waals surface area contributed by atoms with E-state index < -0.39 is 0 Å². The molecule has 1 aromatic heterocycles. The highest BCUT2D eigenvalue weighted by molar-refractivity contribution is 5.43. The van der Waals surface area contributed by atoms with E-state index in [9.17, 15) is 0 Å². The maximum Gasteiger partial charge on any atom is 0.151 e. The summed E-state index contributed by atoms with van der Waals surface area (Å²) >= 11 is 0. The van der Waals surface area contributed by atoms with E-state index in [1.165, 1.54) is 35.2 Å². The van der Waals surface area contributed by atoms with Crippen molar-refractivity contribution in [2.75, 3.05) is 31.1 Å². The smallest absolute Gasteiger partial charge is 0.151 e. The molecule has 4 nitrogen and oxygen atoms in total. The highest BCUT2D eigenvalue weighted by Gasteiger charge is 2.21. The molecule has 2 aliphatic rings. The fourth-order valence-corrected chi connectivity index (χ4v) is 3.68. The van der Waals surface area contributed by atoms with Crippen molar-refractivity contribution in [3.63, 3.8) is 0 Å². The Balaban J connectivity index is 1.37. The Kier molecular flexibility index (Phi) is 4.00. The molecule has 0 bridgehead atoms. The molecule has 1 aliphatic heterocycles. The van der Waals surface area contributed by atoms with Gasteiger partial charge >= 0.3 is 0 Å². The molecule has 1 fully saturated rings. The molecule has 4 heteroatoms. The van der Waals surface area contributed by atoms with Gasteiger partial charge in [0.1, 0.15) is 0 Å². The van der Waals surface area contributed by atoms with Crippen LogP contribution in [-0.4, -0.2) is 41.3 Å². The van der Waals surface area contributed by atoms with Crippen LogP contribution in [0, 0.1) is 6.92 Å². The van der Waals surface area contributed by atoms with Crippen molar-refractivity contribution >= 4 is 5.82 Å². The summed E-state index contributed by atoms with van der Waals surface area (Å²) in [5.74, 6) is 1.07. The van der Waals surface area contributed by atoms with Gasteiger partial charge < -0.3 is 4.90 Å². The lowest BCUT2D eigenvalue weighted by molar-refractivity contribution is 0.249. The zero-order valence-electron chi connectivity index (χ0n) is 13.8. The maximum absolute atomic E-state index is 4.45. The molecule has 2 aromatic rings. The number of aryl methyl sites for hydroxylation is 3. The van der Waals surface area contributed by atoms with E-state index in [2.05, 4.69) is 57.3 Å². The van der Waals surface area contributed by atoms with Crippen molar-refractivity contribution in [2.24, 2.45) is 0 Å². The summed E-state index contributed by atoms with van der Waals surface area (Å²) in [6, 6.07) is 11.1. The van der Waals surface area contributed by atoms with Gasteiger partial charge in [0.2, 0.25) is 0 Å². The summed E-state index contributed by atoms with van der Waals surface area (Å²) < 4.78 is 0. The van der Waals surface area contributed by atoms with E-state index in [0.29, 0.717) is 0 Å². The second kappa shape index (κ2) is 6.28. The van der Waals surface area contributed by atoms with E-state index in [1.807, 2.05) is 0 Å². The average molecular weight is 308 g/mol. The van der Waals surface area contributed by atoms with Crippen LogP contribution in [0.25, 0.3) is 0 Å². The highest BCUT2D eigenvalue weighted by Crippen LogP contribution is 2.23. The van der Waals surface area contributed by atoms with Gasteiger partial charge in [-0.15, -0.1) is 5.10 Å². The Morgan fingerprint density at radius 1 is 1.00 bits per heavy atom. The SMILES string of the molecule is Cc1cccc(CN2CCN(c3cc4c(nn3)CCC4)CC2)c1. The molecule has 0 spiro atoms. The minimum absolute atomic E-state index is 1.04. The van der Waals surface area contributed by atoms with Crippen LogP contribution >= 0.6 is 0 Å². The second-order valence-corrected chi connectivity index (χ2v) is 6.78. The molecule has 0 amide bonds. The van der Waals surface area contributed by atoms with Crippen molar-refractivity contribution in [1.29, 1.82) is 0 Å². The predicted octanol–water partition coefficient (Wildman–Crippen LogP) is 2.60. The Morgan fingerprint density at radius 2 is 1.87 bits per heavy atom. The van der Waals surface area contributed by atoms with Crippen LogP contribution < -0.4 is 4.90 Å².